The smallest absolute Gasteiger partial charge is 0.263 e. The van der Waals surface area contributed by atoms with Crippen LogP contribution in [0.3, 0.4) is 0 Å². The van der Waals surface area contributed by atoms with Gasteiger partial charge in [-0.3, -0.25) is 5.41 Å². The predicted molar refractivity (Wildman–Crippen MR) is 60.5 cm³/mol. The lowest BCUT2D eigenvalue weighted by atomic mass is 10.5. The van der Waals surface area contributed by atoms with Crippen molar-refractivity contribution in [3.05, 3.63) is 24.1 Å². The highest BCUT2D eigenvalue weighted by Gasteiger charge is 2.27. The quantitative estimate of drug-likeness (QED) is 0.582. The van der Waals surface area contributed by atoms with Crippen molar-refractivity contribution >= 4 is 15.9 Å². The Kier molecular flexibility index (Phi) is 4.13. The third-order valence-electron chi connectivity index (χ3n) is 2.01. The van der Waals surface area contributed by atoms with Crippen molar-refractivity contribution in [3.8, 4) is 0 Å². The number of halogens is 1. The maximum Gasteiger partial charge on any atom is 0.263 e. The Morgan fingerprint density at radius 1 is 1.65 bits per heavy atom. The molecule has 1 rings (SSSR count). The molecule has 0 saturated carbocycles. The van der Waals surface area contributed by atoms with Crippen LogP contribution < -0.4 is 5.73 Å². The van der Waals surface area contributed by atoms with E-state index in [9.17, 15) is 12.8 Å². The summed E-state index contributed by atoms with van der Waals surface area (Å²) in [5.74, 6) is -1.23. The maximum atomic E-state index is 13.4. The van der Waals surface area contributed by atoms with Gasteiger partial charge in [0.1, 0.15) is 5.84 Å². The van der Waals surface area contributed by atoms with Crippen molar-refractivity contribution in [2.45, 2.75) is 11.9 Å². The minimum atomic E-state index is -4.05. The molecule has 0 aliphatic rings. The highest BCUT2D eigenvalue weighted by molar-refractivity contribution is 7.89. The Labute approximate surface area is 98.8 Å². The molecule has 0 aliphatic carbocycles. The van der Waals surface area contributed by atoms with Gasteiger partial charge in [-0.15, -0.1) is 0 Å². The van der Waals surface area contributed by atoms with Crippen molar-refractivity contribution in [2.24, 2.45) is 5.73 Å². The molecule has 1 heterocycles. The van der Waals surface area contributed by atoms with E-state index < -0.39 is 20.9 Å². The van der Waals surface area contributed by atoms with E-state index in [1.807, 2.05) is 0 Å². The first kappa shape index (κ1) is 13.5. The first-order chi connectivity index (χ1) is 7.89. The standard InChI is InChI=1S/C9H13FN4O2S/c1-2-14(6-8(11)12)17(15,16)9-7(10)4-3-5-13-9/h3-5H,2,6H2,1H3,(H3,11,12). The third kappa shape index (κ3) is 2.98. The topological polar surface area (TPSA) is 100 Å². The third-order valence-corrected chi connectivity index (χ3v) is 3.86. The summed E-state index contributed by atoms with van der Waals surface area (Å²) in [7, 11) is -4.05. The molecule has 6 nitrogen and oxygen atoms in total. The number of sulfonamides is 1. The molecule has 0 radical (unpaired) electrons. The molecule has 17 heavy (non-hydrogen) atoms. The zero-order valence-corrected chi connectivity index (χ0v) is 10.0. The SMILES string of the molecule is CCN(CC(=N)N)S(=O)(=O)c1ncccc1F. The zero-order chi connectivity index (χ0) is 13.1. The average Bonchev–Trinajstić information content (AvgIpc) is 2.25. The number of nitrogens with zero attached hydrogens (tertiary/aromatic N) is 2. The fourth-order valence-electron chi connectivity index (χ4n) is 1.24. The summed E-state index contributed by atoms with van der Waals surface area (Å²) in [6.45, 7) is 1.37. The van der Waals surface area contributed by atoms with E-state index >= 15 is 0 Å². The van der Waals surface area contributed by atoms with Gasteiger partial charge in [-0.1, -0.05) is 6.92 Å². The summed E-state index contributed by atoms with van der Waals surface area (Å²) in [6.07, 6.45) is 1.19. The molecule has 0 aromatic carbocycles. The second-order valence-corrected chi connectivity index (χ2v) is 5.10. The summed E-state index contributed by atoms with van der Waals surface area (Å²) in [5, 5.41) is 6.43. The number of aromatic nitrogens is 1. The van der Waals surface area contributed by atoms with Crippen molar-refractivity contribution in [2.75, 3.05) is 13.1 Å². The van der Waals surface area contributed by atoms with Crippen molar-refractivity contribution < 1.29 is 12.8 Å². The molecule has 1 aromatic rings. The lowest BCUT2D eigenvalue weighted by Gasteiger charge is -2.19. The number of pyridine rings is 1. The highest BCUT2D eigenvalue weighted by atomic mass is 32.2. The number of nitrogens with one attached hydrogen (secondary N) is 1. The van der Waals surface area contributed by atoms with E-state index in [2.05, 4.69) is 4.98 Å². The lowest BCUT2D eigenvalue weighted by Crippen LogP contribution is -2.38. The molecule has 0 fully saturated rings. The molecule has 0 saturated heterocycles. The molecule has 8 heteroatoms. The average molecular weight is 260 g/mol. The van der Waals surface area contributed by atoms with Crippen LogP contribution in [0.15, 0.2) is 23.4 Å². The zero-order valence-electron chi connectivity index (χ0n) is 9.22. The van der Waals surface area contributed by atoms with Gasteiger partial charge in [-0.25, -0.2) is 17.8 Å². The molecule has 3 N–H and O–H groups in total. The Morgan fingerprint density at radius 3 is 2.76 bits per heavy atom. The molecule has 0 aliphatic heterocycles. The number of nitrogens with two attached hydrogens (primary N) is 1. The van der Waals surface area contributed by atoms with Gasteiger partial charge in [0.2, 0.25) is 5.03 Å². The fourth-order valence-corrected chi connectivity index (χ4v) is 2.64. The molecular formula is C9H13FN4O2S. The van der Waals surface area contributed by atoms with Crippen LogP contribution in [0.2, 0.25) is 0 Å². The summed E-state index contributed by atoms with van der Waals surface area (Å²) >= 11 is 0. The van der Waals surface area contributed by atoms with Crippen LogP contribution in [0.1, 0.15) is 6.92 Å². The second-order valence-electron chi connectivity index (χ2n) is 3.25. The van der Waals surface area contributed by atoms with E-state index in [1.54, 1.807) is 6.92 Å². The van der Waals surface area contributed by atoms with Gasteiger partial charge in [0, 0.05) is 12.7 Å². The second kappa shape index (κ2) is 5.19. The molecule has 0 unspecified atom stereocenters. The molecule has 0 amide bonds. The normalized spacial score (nSPS) is 11.7. The van der Waals surface area contributed by atoms with E-state index in [1.165, 1.54) is 12.3 Å². The molecule has 0 bridgehead atoms. The van der Waals surface area contributed by atoms with E-state index in [-0.39, 0.29) is 18.9 Å². The number of amidine groups is 1. The van der Waals surface area contributed by atoms with Gasteiger partial charge in [0.05, 0.1) is 6.54 Å². The minimum Gasteiger partial charge on any atom is -0.387 e. The molecule has 0 atom stereocenters. The van der Waals surface area contributed by atoms with Crippen molar-refractivity contribution in [1.29, 1.82) is 5.41 Å². The summed E-state index contributed by atoms with van der Waals surface area (Å²) < 4.78 is 38.2. The number of rotatable bonds is 5. The van der Waals surface area contributed by atoms with Crippen LogP contribution in [0, 0.1) is 11.2 Å². The van der Waals surface area contributed by atoms with Gasteiger partial charge >= 0.3 is 0 Å². The van der Waals surface area contributed by atoms with Gasteiger partial charge in [0.15, 0.2) is 5.82 Å². The first-order valence-corrected chi connectivity index (χ1v) is 6.27. The monoisotopic (exact) mass is 260 g/mol. The summed E-state index contributed by atoms with van der Waals surface area (Å²) in [4.78, 5) is 3.51. The predicted octanol–water partition coefficient (Wildman–Crippen LogP) is 0.167. The van der Waals surface area contributed by atoms with E-state index in [0.29, 0.717) is 0 Å². The molecule has 1 aromatic heterocycles. The lowest BCUT2D eigenvalue weighted by molar-refractivity contribution is 0.454. The Bertz CT molecular complexity index is 517. The van der Waals surface area contributed by atoms with Crippen LogP contribution in [0.25, 0.3) is 0 Å². The Hall–Kier alpha value is -1.54. The number of likely N-dealkylation sites (N-methyl/N-ethyl adjacent to an activating group) is 1. The largest absolute Gasteiger partial charge is 0.387 e. The first-order valence-electron chi connectivity index (χ1n) is 4.83. The molecule has 94 valence electrons. The van der Waals surface area contributed by atoms with Crippen LogP contribution in [0.5, 0.6) is 0 Å². The van der Waals surface area contributed by atoms with E-state index in [4.69, 9.17) is 11.1 Å². The van der Waals surface area contributed by atoms with Crippen LogP contribution in [-0.4, -0.2) is 36.6 Å². The van der Waals surface area contributed by atoms with Crippen LogP contribution in [0.4, 0.5) is 4.39 Å². The van der Waals surface area contributed by atoms with Crippen LogP contribution in [-0.2, 0) is 10.0 Å². The summed E-state index contributed by atoms with van der Waals surface area (Å²) in [5.41, 5.74) is 5.14. The maximum absolute atomic E-state index is 13.4. The molecular weight excluding hydrogens is 247 g/mol. The van der Waals surface area contributed by atoms with Gasteiger partial charge in [-0.05, 0) is 12.1 Å². The summed E-state index contributed by atoms with van der Waals surface area (Å²) in [6, 6.07) is 2.32. The Balaban J connectivity index is 3.18. The van der Waals surface area contributed by atoms with Crippen molar-refractivity contribution in [1.82, 2.24) is 9.29 Å². The van der Waals surface area contributed by atoms with Crippen LogP contribution >= 0.6 is 0 Å². The number of hydrogen-bond donors (Lipinski definition) is 2. The molecule has 0 spiro atoms. The van der Waals surface area contributed by atoms with Gasteiger partial charge < -0.3 is 5.73 Å². The Morgan fingerprint density at radius 2 is 2.29 bits per heavy atom. The van der Waals surface area contributed by atoms with E-state index in [0.717, 1.165) is 10.4 Å². The highest BCUT2D eigenvalue weighted by Crippen LogP contribution is 2.15. The van der Waals surface area contributed by atoms with Crippen molar-refractivity contribution in [3.63, 3.8) is 0 Å². The van der Waals surface area contributed by atoms with Gasteiger partial charge in [-0.2, -0.15) is 4.31 Å². The fraction of sp³-hybridized carbons (Fsp3) is 0.333. The van der Waals surface area contributed by atoms with Gasteiger partial charge in [0.25, 0.3) is 10.0 Å². The number of hydrogen-bond acceptors (Lipinski definition) is 4. The minimum absolute atomic E-state index is 0.0813.